The molecule has 0 bridgehead atoms. The Labute approximate surface area is 150 Å². The van der Waals surface area contributed by atoms with Crippen LogP contribution in [0, 0.1) is 5.92 Å². The molecule has 2 amide bonds. The van der Waals surface area contributed by atoms with Crippen molar-refractivity contribution in [3.8, 4) is 0 Å². The summed E-state index contributed by atoms with van der Waals surface area (Å²) in [5, 5.41) is 14.5. The van der Waals surface area contributed by atoms with Gasteiger partial charge in [-0.05, 0) is 23.6 Å². The number of nitrogens with one attached hydrogen (secondary N) is 2. The number of hydrogen-bond acceptors (Lipinski definition) is 3. The molecule has 0 aliphatic carbocycles. The van der Waals surface area contributed by atoms with Crippen molar-refractivity contribution >= 4 is 33.7 Å². The first-order chi connectivity index (χ1) is 11.2. The fourth-order valence-electron chi connectivity index (χ4n) is 2.29. The van der Waals surface area contributed by atoms with Crippen LogP contribution < -0.4 is 10.6 Å². The Morgan fingerprint density at radius 3 is 2.21 bits per heavy atom. The van der Waals surface area contributed by atoms with E-state index in [-0.39, 0.29) is 18.2 Å². The minimum Gasteiger partial charge on any atom is -0.480 e. The third-order valence-electron chi connectivity index (χ3n) is 3.83. The third-order valence-corrected chi connectivity index (χ3v) is 4.36. The molecule has 24 heavy (non-hydrogen) atoms. The summed E-state index contributed by atoms with van der Waals surface area (Å²) >= 11 is 3.34. The fourth-order valence-corrected chi connectivity index (χ4v) is 2.56. The zero-order valence-corrected chi connectivity index (χ0v) is 15.6. The van der Waals surface area contributed by atoms with Crippen LogP contribution in [0.1, 0.15) is 45.2 Å². The molecule has 0 aliphatic rings. The molecular weight excluding hydrogens is 376 g/mol. The van der Waals surface area contributed by atoms with Gasteiger partial charge in [0.15, 0.2) is 0 Å². The van der Waals surface area contributed by atoms with Gasteiger partial charge in [0.1, 0.15) is 6.04 Å². The van der Waals surface area contributed by atoms with Gasteiger partial charge in [-0.3, -0.25) is 9.59 Å². The highest BCUT2D eigenvalue weighted by Gasteiger charge is 2.26. The van der Waals surface area contributed by atoms with Crippen LogP contribution in [-0.2, 0) is 14.4 Å². The first kappa shape index (κ1) is 20.2. The van der Waals surface area contributed by atoms with E-state index in [1.165, 1.54) is 6.92 Å². The standard InChI is InChI=1S/C17H23BrN2O4/c1-4-10(2)16(17(23)24)20-15(22)9-14(19-11(3)21)12-5-7-13(18)8-6-12/h5-8,10,14,16H,4,9H2,1-3H3,(H,19,21)(H,20,22)(H,23,24)/t10-,14?,16-/m0/s1. The molecule has 1 aromatic carbocycles. The largest absolute Gasteiger partial charge is 0.480 e. The van der Waals surface area contributed by atoms with Gasteiger partial charge < -0.3 is 15.7 Å². The number of rotatable bonds is 8. The maximum absolute atomic E-state index is 12.3. The van der Waals surface area contributed by atoms with Gasteiger partial charge in [-0.2, -0.15) is 0 Å². The summed E-state index contributed by atoms with van der Waals surface area (Å²) in [6, 6.07) is 5.80. The van der Waals surface area contributed by atoms with Gasteiger partial charge in [-0.1, -0.05) is 48.3 Å². The van der Waals surface area contributed by atoms with E-state index >= 15 is 0 Å². The molecule has 0 aromatic heterocycles. The van der Waals surface area contributed by atoms with Gasteiger partial charge in [0.25, 0.3) is 0 Å². The lowest BCUT2D eigenvalue weighted by molar-refractivity contribution is -0.143. The van der Waals surface area contributed by atoms with Gasteiger partial charge in [-0.25, -0.2) is 4.79 Å². The van der Waals surface area contributed by atoms with E-state index in [2.05, 4.69) is 26.6 Å². The molecular formula is C17H23BrN2O4. The normalized spacial score (nSPS) is 14.3. The second-order valence-corrected chi connectivity index (χ2v) is 6.69. The average Bonchev–Trinajstić information content (AvgIpc) is 2.51. The summed E-state index contributed by atoms with van der Waals surface area (Å²) in [6.07, 6.45) is 0.612. The molecule has 3 N–H and O–H groups in total. The van der Waals surface area contributed by atoms with Crippen LogP contribution in [0.5, 0.6) is 0 Å². The summed E-state index contributed by atoms with van der Waals surface area (Å²) in [5.41, 5.74) is 0.777. The molecule has 3 atom stereocenters. The Morgan fingerprint density at radius 2 is 1.75 bits per heavy atom. The minimum absolute atomic E-state index is 0.0264. The van der Waals surface area contributed by atoms with Crippen LogP contribution in [0.15, 0.2) is 28.7 Å². The van der Waals surface area contributed by atoms with Crippen LogP contribution in [0.4, 0.5) is 0 Å². The van der Waals surface area contributed by atoms with E-state index in [0.29, 0.717) is 6.42 Å². The first-order valence-electron chi connectivity index (χ1n) is 7.79. The van der Waals surface area contributed by atoms with Crippen LogP contribution in [0.3, 0.4) is 0 Å². The van der Waals surface area contributed by atoms with Crippen molar-refractivity contribution in [3.05, 3.63) is 34.3 Å². The molecule has 0 heterocycles. The molecule has 0 radical (unpaired) electrons. The summed E-state index contributed by atoms with van der Waals surface area (Å²) in [4.78, 5) is 35.0. The SMILES string of the molecule is CC[C@H](C)[C@H](NC(=O)CC(NC(C)=O)c1ccc(Br)cc1)C(=O)O. The molecule has 6 nitrogen and oxygen atoms in total. The molecule has 7 heteroatoms. The van der Waals surface area contributed by atoms with Crippen LogP contribution in [0.2, 0.25) is 0 Å². The molecule has 1 unspecified atom stereocenters. The first-order valence-corrected chi connectivity index (χ1v) is 8.58. The predicted molar refractivity (Wildman–Crippen MR) is 94.3 cm³/mol. The maximum Gasteiger partial charge on any atom is 0.326 e. The Bertz CT molecular complexity index is 589. The van der Waals surface area contributed by atoms with E-state index < -0.39 is 24.0 Å². The van der Waals surface area contributed by atoms with Gasteiger partial charge in [0.2, 0.25) is 11.8 Å². The summed E-state index contributed by atoms with van der Waals surface area (Å²) < 4.78 is 0.889. The molecule has 0 fully saturated rings. The van der Waals surface area contributed by atoms with Crippen molar-refractivity contribution in [2.24, 2.45) is 5.92 Å². The number of carbonyl (C=O) groups excluding carboxylic acids is 2. The Morgan fingerprint density at radius 1 is 1.17 bits per heavy atom. The van der Waals surface area contributed by atoms with Crippen molar-refractivity contribution in [3.63, 3.8) is 0 Å². The monoisotopic (exact) mass is 398 g/mol. The molecule has 132 valence electrons. The predicted octanol–water partition coefficient (Wildman–Crippen LogP) is 2.63. The van der Waals surface area contributed by atoms with Gasteiger partial charge >= 0.3 is 5.97 Å². The van der Waals surface area contributed by atoms with Gasteiger partial charge in [0.05, 0.1) is 12.5 Å². The fraction of sp³-hybridized carbons (Fsp3) is 0.471. The lowest BCUT2D eigenvalue weighted by atomic mass is 9.98. The van der Waals surface area contributed by atoms with E-state index in [4.69, 9.17) is 0 Å². The van der Waals surface area contributed by atoms with Crippen molar-refractivity contribution < 1.29 is 19.5 Å². The number of carbonyl (C=O) groups is 3. The van der Waals surface area contributed by atoms with Crippen molar-refractivity contribution in [1.82, 2.24) is 10.6 Å². The van der Waals surface area contributed by atoms with Gasteiger partial charge in [0, 0.05) is 11.4 Å². The third kappa shape index (κ3) is 6.31. The molecule has 1 rings (SSSR count). The smallest absolute Gasteiger partial charge is 0.326 e. The second-order valence-electron chi connectivity index (χ2n) is 5.78. The van der Waals surface area contributed by atoms with Crippen LogP contribution in [0.25, 0.3) is 0 Å². The van der Waals surface area contributed by atoms with E-state index in [9.17, 15) is 19.5 Å². The number of carboxylic acid groups (broad SMARTS) is 1. The molecule has 0 spiro atoms. The number of carboxylic acids is 1. The Hall–Kier alpha value is -1.89. The Balaban J connectivity index is 2.85. The van der Waals surface area contributed by atoms with Crippen LogP contribution >= 0.6 is 15.9 Å². The topological polar surface area (TPSA) is 95.5 Å². The second kappa shape index (κ2) is 9.42. The number of amides is 2. The summed E-state index contributed by atoms with van der Waals surface area (Å²) in [6.45, 7) is 5.02. The number of benzene rings is 1. The summed E-state index contributed by atoms with van der Waals surface area (Å²) in [5.74, 6) is -1.91. The van der Waals surface area contributed by atoms with Crippen molar-refractivity contribution in [1.29, 1.82) is 0 Å². The minimum atomic E-state index is -1.06. The van der Waals surface area contributed by atoms with Crippen molar-refractivity contribution in [2.45, 2.75) is 45.7 Å². The van der Waals surface area contributed by atoms with Gasteiger partial charge in [-0.15, -0.1) is 0 Å². The van der Waals surface area contributed by atoms with Crippen molar-refractivity contribution in [2.75, 3.05) is 0 Å². The highest BCUT2D eigenvalue weighted by Crippen LogP contribution is 2.20. The average molecular weight is 399 g/mol. The lowest BCUT2D eigenvalue weighted by Gasteiger charge is -2.23. The Kier molecular flexibility index (Phi) is 7.91. The maximum atomic E-state index is 12.3. The highest BCUT2D eigenvalue weighted by molar-refractivity contribution is 9.10. The quantitative estimate of drug-likeness (QED) is 0.626. The number of aliphatic carboxylic acids is 1. The molecule has 1 aromatic rings. The zero-order valence-electron chi connectivity index (χ0n) is 14.0. The lowest BCUT2D eigenvalue weighted by Crippen LogP contribution is -2.46. The highest BCUT2D eigenvalue weighted by atomic mass is 79.9. The van der Waals surface area contributed by atoms with E-state index in [1.54, 1.807) is 19.1 Å². The molecule has 0 saturated carbocycles. The molecule has 0 aliphatic heterocycles. The summed E-state index contributed by atoms with van der Waals surface area (Å²) in [7, 11) is 0. The van der Waals surface area contributed by atoms with E-state index in [0.717, 1.165) is 10.0 Å². The molecule has 0 saturated heterocycles. The van der Waals surface area contributed by atoms with E-state index in [1.807, 2.05) is 19.1 Å². The number of halogens is 1. The zero-order chi connectivity index (χ0) is 18.3. The van der Waals surface area contributed by atoms with Crippen LogP contribution in [-0.4, -0.2) is 28.9 Å². The number of hydrogen-bond donors (Lipinski definition) is 3.